The fourth-order valence-corrected chi connectivity index (χ4v) is 2.18. The van der Waals surface area contributed by atoms with Gasteiger partial charge >= 0.3 is 5.97 Å². The molecule has 0 saturated heterocycles. The van der Waals surface area contributed by atoms with Crippen LogP contribution in [0.15, 0.2) is 18.2 Å². The predicted octanol–water partition coefficient (Wildman–Crippen LogP) is 2.40. The molecule has 0 bridgehead atoms. The monoisotopic (exact) mass is 233 g/mol. The molecule has 0 amide bonds. The normalized spacial score (nSPS) is 17.5. The van der Waals surface area contributed by atoms with Gasteiger partial charge in [0.2, 0.25) is 0 Å². The Morgan fingerprint density at radius 2 is 2.06 bits per heavy atom. The van der Waals surface area contributed by atoms with Gasteiger partial charge in [-0.2, -0.15) is 0 Å². The zero-order chi connectivity index (χ0) is 12.5. The Hall–Kier alpha value is -1.35. The number of nitrogens with one attached hydrogen (secondary N) is 1. The number of rotatable bonds is 4. The second kappa shape index (κ2) is 4.49. The summed E-state index contributed by atoms with van der Waals surface area (Å²) in [7, 11) is 0. The minimum atomic E-state index is -0.715. The van der Waals surface area contributed by atoms with Crippen LogP contribution in [0.5, 0.6) is 0 Å². The molecule has 3 heteroatoms. The molecule has 3 nitrogen and oxygen atoms in total. The van der Waals surface area contributed by atoms with Crippen LogP contribution in [0.1, 0.15) is 36.0 Å². The number of aryl methyl sites for hydroxylation is 2. The molecule has 1 aromatic rings. The first-order valence-corrected chi connectivity index (χ1v) is 6.08. The van der Waals surface area contributed by atoms with E-state index in [1.807, 2.05) is 0 Å². The molecule has 0 unspecified atom stereocenters. The van der Waals surface area contributed by atoms with Crippen molar-refractivity contribution in [3.63, 3.8) is 0 Å². The van der Waals surface area contributed by atoms with Gasteiger partial charge in [0.1, 0.15) is 5.54 Å². The highest BCUT2D eigenvalue weighted by atomic mass is 16.4. The van der Waals surface area contributed by atoms with Gasteiger partial charge in [-0.05, 0) is 49.8 Å². The van der Waals surface area contributed by atoms with Crippen LogP contribution in [-0.2, 0) is 11.3 Å². The van der Waals surface area contributed by atoms with Crippen LogP contribution in [0, 0.1) is 13.8 Å². The molecule has 2 N–H and O–H groups in total. The van der Waals surface area contributed by atoms with Crippen LogP contribution >= 0.6 is 0 Å². The van der Waals surface area contributed by atoms with Crippen LogP contribution < -0.4 is 5.32 Å². The number of carboxylic acids is 1. The first kappa shape index (κ1) is 12.1. The molecule has 2 rings (SSSR count). The fourth-order valence-electron chi connectivity index (χ4n) is 2.18. The van der Waals surface area contributed by atoms with Crippen molar-refractivity contribution in [2.75, 3.05) is 0 Å². The van der Waals surface area contributed by atoms with E-state index in [4.69, 9.17) is 0 Å². The van der Waals surface area contributed by atoms with E-state index in [0.717, 1.165) is 24.8 Å². The Morgan fingerprint density at radius 1 is 1.35 bits per heavy atom. The summed E-state index contributed by atoms with van der Waals surface area (Å²) in [5.41, 5.74) is 3.01. The van der Waals surface area contributed by atoms with Gasteiger partial charge in [0, 0.05) is 6.54 Å². The number of carbonyl (C=O) groups is 1. The summed E-state index contributed by atoms with van der Waals surface area (Å²) in [6.45, 7) is 4.79. The molecule has 0 aliphatic heterocycles. The van der Waals surface area contributed by atoms with Crippen molar-refractivity contribution in [3.8, 4) is 0 Å². The van der Waals surface area contributed by atoms with E-state index < -0.39 is 11.5 Å². The third-order valence-electron chi connectivity index (χ3n) is 3.82. The van der Waals surface area contributed by atoms with Gasteiger partial charge in [-0.3, -0.25) is 10.1 Å². The zero-order valence-electron chi connectivity index (χ0n) is 10.4. The minimum absolute atomic E-state index is 0.632. The molecule has 0 aromatic heterocycles. The van der Waals surface area contributed by atoms with Crippen molar-refractivity contribution in [1.82, 2.24) is 5.32 Å². The van der Waals surface area contributed by atoms with Crippen molar-refractivity contribution in [3.05, 3.63) is 34.9 Å². The van der Waals surface area contributed by atoms with E-state index in [1.54, 1.807) is 0 Å². The molecule has 1 saturated carbocycles. The lowest BCUT2D eigenvalue weighted by molar-refractivity contribution is -0.148. The van der Waals surface area contributed by atoms with E-state index >= 15 is 0 Å². The van der Waals surface area contributed by atoms with E-state index in [-0.39, 0.29) is 0 Å². The first-order valence-electron chi connectivity index (χ1n) is 6.08. The molecule has 1 aliphatic rings. The maximum absolute atomic E-state index is 11.2. The summed E-state index contributed by atoms with van der Waals surface area (Å²) in [5, 5.41) is 12.4. The van der Waals surface area contributed by atoms with E-state index in [0.29, 0.717) is 6.54 Å². The highest BCUT2D eigenvalue weighted by Crippen LogP contribution is 2.32. The predicted molar refractivity (Wildman–Crippen MR) is 67.0 cm³/mol. The summed E-state index contributed by atoms with van der Waals surface area (Å²) in [4.78, 5) is 11.2. The molecule has 0 atom stereocenters. The van der Waals surface area contributed by atoms with Crippen molar-refractivity contribution in [2.24, 2.45) is 0 Å². The second-order valence-electron chi connectivity index (χ2n) is 5.01. The number of hydrogen-bond acceptors (Lipinski definition) is 2. The van der Waals surface area contributed by atoms with Gasteiger partial charge in [0.15, 0.2) is 0 Å². The molecule has 1 fully saturated rings. The van der Waals surface area contributed by atoms with Gasteiger partial charge in [-0.1, -0.05) is 18.2 Å². The van der Waals surface area contributed by atoms with Gasteiger partial charge in [0.25, 0.3) is 0 Å². The first-order chi connectivity index (χ1) is 8.03. The standard InChI is InChI=1S/C14H19NO2/c1-10-4-5-12(8-11(10)2)9-15-14(13(16)17)6-3-7-14/h4-5,8,15H,3,6-7,9H2,1-2H3,(H,16,17). The average Bonchev–Trinajstić information content (AvgIpc) is 2.21. The number of aliphatic carboxylic acids is 1. The average molecular weight is 233 g/mol. The highest BCUT2D eigenvalue weighted by molar-refractivity contribution is 5.79. The minimum Gasteiger partial charge on any atom is -0.480 e. The van der Waals surface area contributed by atoms with Crippen LogP contribution in [0.4, 0.5) is 0 Å². The number of hydrogen-bond donors (Lipinski definition) is 2. The van der Waals surface area contributed by atoms with Crippen LogP contribution in [0.3, 0.4) is 0 Å². The van der Waals surface area contributed by atoms with E-state index in [1.165, 1.54) is 11.1 Å². The lowest BCUT2D eigenvalue weighted by Crippen LogP contribution is -2.56. The topological polar surface area (TPSA) is 49.3 Å². The maximum atomic E-state index is 11.2. The molecule has 0 radical (unpaired) electrons. The van der Waals surface area contributed by atoms with Crippen LogP contribution in [0.2, 0.25) is 0 Å². The van der Waals surface area contributed by atoms with E-state index in [2.05, 4.69) is 37.4 Å². The largest absolute Gasteiger partial charge is 0.480 e. The molecule has 0 heterocycles. The lowest BCUT2D eigenvalue weighted by Gasteiger charge is -2.38. The Balaban J connectivity index is 2.02. The smallest absolute Gasteiger partial charge is 0.323 e. The lowest BCUT2D eigenvalue weighted by atomic mass is 9.76. The van der Waals surface area contributed by atoms with Crippen LogP contribution in [0.25, 0.3) is 0 Å². The summed E-state index contributed by atoms with van der Waals surface area (Å²) >= 11 is 0. The molecular formula is C14H19NO2. The van der Waals surface area contributed by atoms with Crippen LogP contribution in [-0.4, -0.2) is 16.6 Å². The van der Waals surface area contributed by atoms with Crippen molar-refractivity contribution in [1.29, 1.82) is 0 Å². The second-order valence-corrected chi connectivity index (χ2v) is 5.01. The van der Waals surface area contributed by atoms with Crippen molar-refractivity contribution in [2.45, 2.75) is 45.2 Å². The summed E-state index contributed by atoms with van der Waals surface area (Å²) in [6, 6.07) is 6.26. The summed E-state index contributed by atoms with van der Waals surface area (Å²) in [6.07, 6.45) is 2.49. The Bertz CT molecular complexity index is 436. The van der Waals surface area contributed by atoms with Gasteiger partial charge in [0.05, 0.1) is 0 Å². The quantitative estimate of drug-likeness (QED) is 0.839. The SMILES string of the molecule is Cc1ccc(CNC2(C(=O)O)CCC2)cc1C. The third-order valence-corrected chi connectivity index (χ3v) is 3.82. The van der Waals surface area contributed by atoms with Gasteiger partial charge in [-0.15, -0.1) is 0 Å². The summed E-state index contributed by atoms with van der Waals surface area (Å²) < 4.78 is 0. The Morgan fingerprint density at radius 3 is 2.53 bits per heavy atom. The molecule has 1 aliphatic carbocycles. The third kappa shape index (κ3) is 2.34. The van der Waals surface area contributed by atoms with Crippen molar-refractivity contribution >= 4 is 5.97 Å². The molecule has 0 spiro atoms. The molecular weight excluding hydrogens is 214 g/mol. The zero-order valence-corrected chi connectivity index (χ0v) is 10.4. The Labute approximate surface area is 102 Å². The maximum Gasteiger partial charge on any atom is 0.323 e. The molecule has 17 heavy (non-hydrogen) atoms. The van der Waals surface area contributed by atoms with Gasteiger partial charge < -0.3 is 5.11 Å². The van der Waals surface area contributed by atoms with Crippen molar-refractivity contribution < 1.29 is 9.90 Å². The number of benzene rings is 1. The molecule has 92 valence electrons. The Kier molecular flexibility index (Phi) is 3.20. The number of carboxylic acid groups (broad SMARTS) is 1. The highest BCUT2D eigenvalue weighted by Gasteiger charge is 2.43. The molecule has 1 aromatic carbocycles. The van der Waals surface area contributed by atoms with Gasteiger partial charge in [-0.25, -0.2) is 0 Å². The van der Waals surface area contributed by atoms with E-state index in [9.17, 15) is 9.90 Å². The summed E-state index contributed by atoms with van der Waals surface area (Å²) in [5.74, 6) is -0.715. The fraction of sp³-hybridized carbons (Fsp3) is 0.500.